The molecule has 1 aromatic heterocycles. The Morgan fingerprint density at radius 3 is 2.45 bits per heavy atom. The van der Waals surface area contributed by atoms with Crippen LogP contribution in [0.5, 0.6) is 0 Å². The minimum absolute atomic E-state index is 0.0502. The topological polar surface area (TPSA) is 88.3 Å². The van der Waals surface area contributed by atoms with Crippen LogP contribution in [0, 0.1) is 0 Å². The minimum atomic E-state index is -0.946. The summed E-state index contributed by atoms with van der Waals surface area (Å²) in [5, 5.41) is 16.4. The number of aromatic nitrogens is 3. The zero-order valence-electron chi connectivity index (χ0n) is 12.0. The molecule has 22 heavy (non-hydrogen) atoms. The maximum atomic E-state index is 12.2. The first kappa shape index (κ1) is 14.2. The Balaban J connectivity index is 1.74. The fourth-order valence-electron chi connectivity index (χ4n) is 2.52. The molecule has 0 radical (unpaired) electrons. The van der Waals surface area contributed by atoms with Gasteiger partial charge in [-0.25, -0.2) is 4.68 Å². The van der Waals surface area contributed by atoms with E-state index in [1.54, 1.807) is 30.5 Å². The Bertz CT molecular complexity index is 687. The second-order valence-corrected chi connectivity index (χ2v) is 5.27. The molecule has 1 amide bonds. The fraction of sp³-hybridized carbons (Fsp3) is 0.333. The molecule has 1 aliphatic heterocycles. The van der Waals surface area contributed by atoms with E-state index in [0.717, 1.165) is 31.6 Å². The normalized spacial score (nSPS) is 14.3. The van der Waals surface area contributed by atoms with Crippen molar-refractivity contribution in [2.75, 3.05) is 13.1 Å². The number of aliphatic carboxylic acids is 1. The summed E-state index contributed by atoms with van der Waals surface area (Å²) in [6, 6.07) is 7.08. The monoisotopic (exact) mass is 300 g/mol. The van der Waals surface area contributed by atoms with Gasteiger partial charge in [0.1, 0.15) is 0 Å². The number of nitrogens with zero attached hydrogens (tertiary/aromatic N) is 4. The molecule has 1 N–H and O–H groups in total. The zero-order valence-corrected chi connectivity index (χ0v) is 12.0. The summed E-state index contributed by atoms with van der Waals surface area (Å²) in [7, 11) is 0. The van der Waals surface area contributed by atoms with Crippen molar-refractivity contribution in [3.8, 4) is 5.69 Å². The number of carboxylic acid groups (broad SMARTS) is 1. The molecular formula is C15H16N4O3. The molecule has 0 atom stereocenters. The van der Waals surface area contributed by atoms with Gasteiger partial charge in [-0.1, -0.05) is 5.21 Å². The molecule has 2 aromatic rings. The van der Waals surface area contributed by atoms with Gasteiger partial charge in [-0.3, -0.25) is 9.59 Å². The molecule has 0 aliphatic carbocycles. The van der Waals surface area contributed by atoms with Crippen molar-refractivity contribution < 1.29 is 14.7 Å². The van der Waals surface area contributed by atoms with Crippen LogP contribution in [0.15, 0.2) is 30.5 Å². The largest absolute Gasteiger partial charge is 0.481 e. The van der Waals surface area contributed by atoms with Gasteiger partial charge in [0.15, 0.2) is 0 Å². The van der Waals surface area contributed by atoms with Gasteiger partial charge in [0.25, 0.3) is 5.91 Å². The van der Waals surface area contributed by atoms with Crippen molar-refractivity contribution >= 4 is 11.9 Å². The van der Waals surface area contributed by atoms with E-state index >= 15 is 0 Å². The van der Waals surface area contributed by atoms with Crippen LogP contribution >= 0.6 is 0 Å². The highest BCUT2D eigenvalue weighted by molar-refractivity contribution is 5.94. The number of amides is 1. The Morgan fingerprint density at radius 1 is 1.14 bits per heavy atom. The SMILES string of the molecule is O=C(O)Cc1cn(-c2ccc(C(=O)N3CCCC3)cc2)nn1. The van der Waals surface area contributed by atoms with Crippen LogP contribution < -0.4 is 0 Å². The molecule has 7 nitrogen and oxygen atoms in total. The number of benzene rings is 1. The standard InChI is InChI=1S/C15H16N4O3/c20-14(21)9-12-10-19(17-16-12)13-5-3-11(4-6-13)15(22)18-7-1-2-8-18/h3-6,10H,1-2,7-9H2,(H,20,21). The third-order valence-electron chi connectivity index (χ3n) is 3.65. The molecule has 1 fully saturated rings. The maximum absolute atomic E-state index is 12.2. The molecule has 0 spiro atoms. The number of carbonyl (C=O) groups excluding carboxylic acids is 1. The lowest BCUT2D eigenvalue weighted by molar-refractivity contribution is -0.136. The number of likely N-dealkylation sites (tertiary alicyclic amines) is 1. The predicted octanol–water partition coefficient (Wildman–Crippen LogP) is 1.13. The van der Waals surface area contributed by atoms with Gasteiger partial charge >= 0.3 is 5.97 Å². The molecule has 1 aliphatic rings. The molecule has 0 saturated carbocycles. The smallest absolute Gasteiger partial charge is 0.309 e. The first-order valence-corrected chi connectivity index (χ1v) is 7.16. The predicted molar refractivity (Wildman–Crippen MR) is 77.8 cm³/mol. The van der Waals surface area contributed by atoms with E-state index in [9.17, 15) is 9.59 Å². The van der Waals surface area contributed by atoms with Crippen molar-refractivity contribution in [3.05, 3.63) is 41.7 Å². The quantitative estimate of drug-likeness (QED) is 0.914. The van der Waals surface area contributed by atoms with Crippen LogP contribution in [0.25, 0.3) is 5.69 Å². The third-order valence-corrected chi connectivity index (χ3v) is 3.65. The Labute approximate surface area is 127 Å². The maximum Gasteiger partial charge on any atom is 0.309 e. The van der Waals surface area contributed by atoms with Gasteiger partial charge in [-0.15, -0.1) is 5.10 Å². The van der Waals surface area contributed by atoms with E-state index in [0.29, 0.717) is 11.3 Å². The van der Waals surface area contributed by atoms with Crippen molar-refractivity contribution in [1.82, 2.24) is 19.9 Å². The van der Waals surface area contributed by atoms with E-state index in [-0.39, 0.29) is 12.3 Å². The molecule has 114 valence electrons. The number of hydrogen-bond donors (Lipinski definition) is 1. The lowest BCUT2D eigenvalue weighted by Gasteiger charge is -2.15. The van der Waals surface area contributed by atoms with E-state index in [1.165, 1.54) is 4.68 Å². The summed E-state index contributed by atoms with van der Waals surface area (Å²) in [6.07, 6.45) is 3.54. The highest BCUT2D eigenvalue weighted by Gasteiger charge is 2.19. The van der Waals surface area contributed by atoms with Crippen molar-refractivity contribution in [2.45, 2.75) is 19.3 Å². The second-order valence-electron chi connectivity index (χ2n) is 5.27. The number of carbonyl (C=O) groups is 2. The number of rotatable bonds is 4. The Hall–Kier alpha value is -2.70. The number of hydrogen-bond acceptors (Lipinski definition) is 4. The van der Waals surface area contributed by atoms with E-state index in [4.69, 9.17) is 5.11 Å². The van der Waals surface area contributed by atoms with Gasteiger partial charge < -0.3 is 10.0 Å². The summed E-state index contributed by atoms with van der Waals surface area (Å²) in [6.45, 7) is 1.64. The molecule has 7 heteroatoms. The van der Waals surface area contributed by atoms with Gasteiger partial charge in [0.05, 0.1) is 24.0 Å². The molecule has 0 unspecified atom stereocenters. The second kappa shape index (κ2) is 5.97. The lowest BCUT2D eigenvalue weighted by Crippen LogP contribution is -2.27. The fourth-order valence-corrected chi connectivity index (χ4v) is 2.52. The van der Waals surface area contributed by atoms with E-state index < -0.39 is 5.97 Å². The molecule has 1 saturated heterocycles. The summed E-state index contributed by atoms with van der Waals surface area (Å²) in [5.74, 6) is -0.896. The van der Waals surface area contributed by atoms with Crippen LogP contribution in [0.3, 0.4) is 0 Å². The minimum Gasteiger partial charge on any atom is -0.481 e. The van der Waals surface area contributed by atoms with E-state index in [2.05, 4.69) is 10.3 Å². The summed E-state index contributed by atoms with van der Waals surface area (Å²) in [5.41, 5.74) is 1.78. The molecule has 3 rings (SSSR count). The van der Waals surface area contributed by atoms with Gasteiger partial charge in [-0.2, -0.15) is 0 Å². The van der Waals surface area contributed by atoms with Gasteiger partial charge in [-0.05, 0) is 37.1 Å². The van der Waals surface area contributed by atoms with Crippen LogP contribution in [0.2, 0.25) is 0 Å². The van der Waals surface area contributed by atoms with Crippen molar-refractivity contribution in [3.63, 3.8) is 0 Å². The average Bonchev–Trinajstić information content (AvgIpc) is 3.17. The van der Waals surface area contributed by atoms with Crippen LogP contribution in [0.1, 0.15) is 28.9 Å². The molecular weight excluding hydrogens is 284 g/mol. The molecule has 2 heterocycles. The van der Waals surface area contributed by atoms with Crippen molar-refractivity contribution in [1.29, 1.82) is 0 Å². The zero-order chi connectivity index (χ0) is 15.5. The van der Waals surface area contributed by atoms with Crippen LogP contribution in [-0.2, 0) is 11.2 Å². The first-order valence-electron chi connectivity index (χ1n) is 7.16. The van der Waals surface area contributed by atoms with Gasteiger partial charge in [0, 0.05) is 18.7 Å². The Kier molecular flexibility index (Phi) is 3.86. The van der Waals surface area contributed by atoms with Crippen LogP contribution in [0.4, 0.5) is 0 Å². The Morgan fingerprint density at radius 2 is 1.82 bits per heavy atom. The lowest BCUT2D eigenvalue weighted by atomic mass is 10.2. The summed E-state index contributed by atoms with van der Waals surface area (Å²) >= 11 is 0. The van der Waals surface area contributed by atoms with E-state index in [1.807, 2.05) is 4.90 Å². The average molecular weight is 300 g/mol. The molecule has 0 bridgehead atoms. The third kappa shape index (κ3) is 2.98. The van der Waals surface area contributed by atoms with Crippen molar-refractivity contribution in [2.24, 2.45) is 0 Å². The molecule has 1 aromatic carbocycles. The first-order chi connectivity index (χ1) is 10.6. The summed E-state index contributed by atoms with van der Waals surface area (Å²) in [4.78, 5) is 24.7. The summed E-state index contributed by atoms with van der Waals surface area (Å²) < 4.78 is 1.50. The van der Waals surface area contributed by atoms with Gasteiger partial charge in [0.2, 0.25) is 0 Å². The highest BCUT2D eigenvalue weighted by atomic mass is 16.4. The number of carboxylic acids is 1. The van der Waals surface area contributed by atoms with Crippen LogP contribution in [-0.4, -0.2) is 50.0 Å². The highest BCUT2D eigenvalue weighted by Crippen LogP contribution is 2.15.